The van der Waals surface area contributed by atoms with Crippen LogP contribution >= 0.6 is 11.8 Å². The lowest BCUT2D eigenvalue weighted by Crippen LogP contribution is -2.29. The van der Waals surface area contributed by atoms with Gasteiger partial charge in [-0.15, -0.1) is 11.8 Å². The predicted molar refractivity (Wildman–Crippen MR) is 96.3 cm³/mol. The molecular weight excluding hydrogens is 409 g/mol. The van der Waals surface area contributed by atoms with Gasteiger partial charge in [0.15, 0.2) is 4.93 Å². The number of halogens is 3. The Hall–Kier alpha value is -1.79. The summed E-state index contributed by atoms with van der Waals surface area (Å²) < 4.78 is 63.3. The van der Waals surface area contributed by atoms with Gasteiger partial charge in [0, 0.05) is 17.0 Å². The quantitative estimate of drug-likeness (QED) is 0.431. The molecule has 1 heterocycles. The highest BCUT2D eigenvalue weighted by atomic mass is 32.2. The maximum atomic E-state index is 12.6. The van der Waals surface area contributed by atoms with E-state index < -0.39 is 31.8 Å². The number of aromatic nitrogens is 1. The summed E-state index contributed by atoms with van der Waals surface area (Å²) in [4.78, 5) is 8.33. The van der Waals surface area contributed by atoms with Crippen LogP contribution < -0.4 is 0 Å². The first-order valence-corrected chi connectivity index (χ1v) is 10.5. The van der Waals surface area contributed by atoms with Crippen LogP contribution in [0.25, 0.3) is 10.9 Å². The lowest BCUT2D eigenvalue weighted by Gasteiger charge is -2.28. The first-order valence-electron chi connectivity index (χ1n) is 7.64. The summed E-state index contributed by atoms with van der Waals surface area (Å²) in [5.41, 5.74) is -0.306. The molecule has 0 bridgehead atoms. The molecule has 1 aromatic carbocycles. The van der Waals surface area contributed by atoms with Crippen LogP contribution in [0.1, 0.15) is 24.6 Å². The normalized spacial score (nSPS) is 15.1. The fourth-order valence-corrected chi connectivity index (χ4v) is 4.75. The Morgan fingerprint density at radius 2 is 1.89 bits per heavy atom. The van der Waals surface area contributed by atoms with Crippen molar-refractivity contribution < 1.29 is 31.6 Å². The summed E-state index contributed by atoms with van der Waals surface area (Å²) in [5.74, 6) is -1.39. The maximum absolute atomic E-state index is 12.6. The van der Waals surface area contributed by atoms with Crippen LogP contribution in [0.5, 0.6) is 0 Å². The summed E-state index contributed by atoms with van der Waals surface area (Å²) in [6, 6.07) is 3.58. The zero-order valence-electron chi connectivity index (χ0n) is 14.6. The molecule has 0 amide bonds. The molecule has 27 heavy (non-hydrogen) atoms. The molecule has 7 nitrogen and oxygen atoms in total. The molecule has 2 aromatic rings. The number of aryl methyl sites for hydroxylation is 1. The van der Waals surface area contributed by atoms with Gasteiger partial charge < -0.3 is 5.11 Å². The van der Waals surface area contributed by atoms with Gasteiger partial charge in [-0.05, 0) is 25.5 Å². The highest BCUT2D eigenvalue weighted by Crippen LogP contribution is 2.43. The number of alkyl halides is 3. The van der Waals surface area contributed by atoms with Crippen molar-refractivity contribution in [2.75, 3.05) is 12.0 Å². The average molecular weight is 426 g/mol. The van der Waals surface area contributed by atoms with Gasteiger partial charge in [0.1, 0.15) is 0 Å². The molecule has 1 N–H and O–H groups in total. The Morgan fingerprint density at radius 3 is 2.33 bits per heavy atom. The number of nitrogens with zero attached hydrogens (tertiary/aromatic N) is 2. The van der Waals surface area contributed by atoms with Crippen LogP contribution in [-0.4, -0.2) is 40.6 Å². The Morgan fingerprint density at radius 1 is 1.30 bits per heavy atom. The van der Waals surface area contributed by atoms with Crippen LogP contribution in [0.3, 0.4) is 0 Å². The zero-order chi connectivity index (χ0) is 20.8. The van der Waals surface area contributed by atoms with Crippen LogP contribution in [0.2, 0.25) is 0 Å². The molecule has 0 fully saturated rings. The van der Waals surface area contributed by atoms with E-state index in [2.05, 4.69) is 0 Å². The van der Waals surface area contributed by atoms with E-state index in [1.165, 1.54) is 26.0 Å². The standard InChI is InChI=1S/C15H17F3N2O5S2/c1-4-14(21,26-8-15(16,17)18)13-7-10-6-11(20(22)23)9(2)5-12(10)19(13)27(3,24)25/h5-7,21H,4,8H2,1-3H3. The second-order valence-electron chi connectivity index (χ2n) is 6.05. The fraction of sp³-hybridized carbons (Fsp3) is 0.467. The molecule has 1 aromatic heterocycles. The summed E-state index contributed by atoms with van der Waals surface area (Å²) in [7, 11) is -4.02. The average Bonchev–Trinajstić information content (AvgIpc) is 2.89. The van der Waals surface area contributed by atoms with Gasteiger partial charge in [-0.25, -0.2) is 12.4 Å². The zero-order valence-corrected chi connectivity index (χ0v) is 16.2. The Labute approximate surface area is 157 Å². The van der Waals surface area contributed by atoms with Crippen LogP contribution in [-0.2, 0) is 15.0 Å². The van der Waals surface area contributed by atoms with Crippen molar-refractivity contribution >= 4 is 38.4 Å². The van der Waals surface area contributed by atoms with E-state index in [1.54, 1.807) is 0 Å². The highest BCUT2D eigenvalue weighted by Gasteiger charge is 2.39. The van der Waals surface area contributed by atoms with E-state index in [0.717, 1.165) is 16.3 Å². The Bertz CT molecular complexity index is 1000. The van der Waals surface area contributed by atoms with Crippen molar-refractivity contribution in [1.29, 1.82) is 0 Å². The third-order valence-electron chi connectivity index (χ3n) is 3.96. The smallest absolute Gasteiger partial charge is 0.374 e. The minimum atomic E-state index is -4.56. The third-order valence-corrected chi connectivity index (χ3v) is 6.46. The minimum absolute atomic E-state index is 0.0510. The molecule has 0 aliphatic heterocycles. The number of nitro groups is 1. The molecule has 0 aliphatic rings. The number of fused-ring (bicyclic) bond motifs is 1. The van der Waals surface area contributed by atoms with Gasteiger partial charge in [-0.3, -0.25) is 10.1 Å². The fourth-order valence-electron chi connectivity index (χ4n) is 2.71. The molecule has 12 heteroatoms. The van der Waals surface area contributed by atoms with Gasteiger partial charge in [0.25, 0.3) is 5.69 Å². The second-order valence-corrected chi connectivity index (χ2v) is 9.14. The molecule has 0 saturated heterocycles. The molecule has 1 atom stereocenters. The molecule has 150 valence electrons. The van der Waals surface area contributed by atoms with Gasteiger partial charge >= 0.3 is 6.18 Å². The van der Waals surface area contributed by atoms with E-state index in [9.17, 15) is 36.8 Å². The maximum Gasteiger partial charge on any atom is 0.397 e. The predicted octanol–water partition coefficient (Wildman–Crippen LogP) is 3.52. The number of nitro benzene ring substituents is 1. The van der Waals surface area contributed by atoms with E-state index in [1.807, 2.05) is 0 Å². The summed E-state index contributed by atoms with van der Waals surface area (Å²) in [6.45, 7) is 2.84. The molecule has 1 unspecified atom stereocenters. The number of aliphatic hydroxyl groups is 1. The van der Waals surface area contributed by atoms with E-state index >= 15 is 0 Å². The largest absolute Gasteiger partial charge is 0.397 e. The number of hydrogen-bond acceptors (Lipinski definition) is 6. The lowest BCUT2D eigenvalue weighted by atomic mass is 10.1. The lowest BCUT2D eigenvalue weighted by molar-refractivity contribution is -0.385. The molecule has 0 saturated carbocycles. The van der Waals surface area contributed by atoms with E-state index in [-0.39, 0.29) is 46.0 Å². The topological polar surface area (TPSA) is 102 Å². The number of thioether (sulfide) groups is 1. The van der Waals surface area contributed by atoms with Crippen molar-refractivity contribution in [3.8, 4) is 0 Å². The molecule has 2 rings (SSSR count). The van der Waals surface area contributed by atoms with Crippen molar-refractivity contribution in [3.05, 3.63) is 39.6 Å². The van der Waals surface area contributed by atoms with Crippen molar-refractivity contribution in [2.24, 2.45) is 0 Å². The SMILES string of the molecule is CCC(O)(SCC(F)(F)F)c1cc2cc([N+](=O)[O-])c(C)cc2n1S(C)(=O)=O. The highest BCUT2D eigenvalue weighted by molar-refractivity contribution is 8.00. The minimum Gasteiger partial charge on any atom is -0.374 e. The Kier molecular flexibility index (Phi) is 5.56. The van der Waals surface area contributed by atoms with Crippen LogP contribution in [0.15, 0.2) is 18.2 Å². The first-order chi connectivity index (χ1) is 12.2. The van der Waals surface area contributed by atoms with Crippen LogP contribution in [0.4, 0.5) is 18.9 Å². The monoisotopic (exact) mass is 426 g/mol. The van der Waals surface area contributed by atoms with Crippen molar-refractivity contribution in [1.82, 2.24) is 3.97 Å². The molecular formula is C15H17F3N2O5S2. The van der Waals surface area contributed by atoms with E-state index in [4.69, 9.17) is 0 Å². The molecule has 0 aliphatic carbocycles. The summed E-state index contributed by atoms with van der Waals surface area (Å²) >= 11 is 0.156. The second kappa shape index (κ2) is 6.99. The number of benzene rings is 1. The molecule has 0 radical (unpaired) electrons. The van der Waals surface area contributed by atoms with Gasteiger partial charge in [-0.2, -0.15) is 13.2 Å². The van der Waals surface area contributed by atoms with Gasteiger partial charge in [-0.1, -0.05) is 6.92 Å². The van der Waals surface area contributed by atoms with Crippen LogP contribution in [0, 0.1) is 17.0 Å². The van der Waals surface area contributed by atoms with Crippen molar-refractivity contribution in [3.63, 3.8) is 0 Å². The summed E-state index contributed by atoms with van der Waals surface area (Å²) in [5, 5.41) is 22.0. The molecule has 0 spiro atoms. The Balaban J connectivity index is 2.79. The summed E-state index contributed by atoms with van der Waals surface area (Å²) in [6.07, 6.45) is -3.93. The third kappa shape index (κ3) is 4.38. The number of rotatable bonds is 6. The van der Waals surface area contributed by atoms with Crippen molar-refractivity contribution in [2.45, 2.75) is 31.4 Å². The van der Waals surface area contributed by atoms with Gasteiger partial charge in [0.2, 0.25) is 10.0 Å². The number of hydrogen-bond donors (Lipinski definition) is 1. The first kappa shape index (κ1) is 21.5. The van der Waals surface area contributed by atoms with Gasteiger partial charge in [0.05, 0.1) is 28.1 Å². The van der Waals surface area contributed by atoms with E-state index in [0.29, 0.717) is 0 Å².